The first-order valence-corrected chi connectivity index (χ1v) is 1.55. The second kappa shape index (κ2) is 8.95. The Morgan fingerprint density at radius 3 is 2.17 bits per heavy atom. The monoisotopic (exact) mass is 191 g/mol. The van der Waals surface area contributed by atoms with Gasteiger partial charge in [-0.2, -0.15) is 5.26 Å². The second-order valence-corrected chi connectivity index (χ2v) is 0.704. The smallest absolute Gasteiger partial charge is 0.787 e. The van der Waals surface area contributed by atoms with Crippen LogP contribution in [0.4, 0.5) is 0 Å². The molecule has 0 saturated carbocycles. The predicted molar refractivity (Wildman–Crippen MR) is 22.1 cm³/mol. The first kappa shape index (κ1) is 9.50. The molecule has 3 heteroatoms. The molecular formula is C3H2AgNS. The Labute approximate surface area is 58.0 Å². The van der Waals surface area contributed by atoms with Crippen molar-refractivity contribution in [2.75, 3.05) is 0 Å². The van der Waals surface area contributed by atoms with Gasteiger partial charge in [0.05, 0.1) is 6.07 Å². The molecule has 0 aliphatic carbocycles. The average Bonchev–Trinajstić information content (AvgIpc) is 1.41. The van der Waals surface area contributed by atoms with Crippen LogP contribution in [0.15, 0.2) is 11.5 Å². The van der Waals surface area contributed by atoms with Gasteiger partial charge in [0.25, 0.3) is 0 Å². The largest absolute Gasteiger partial charge is 1.00 e. The minimum absolute atomic E-state index is 0. The topological polar surface area (TPSA) is 23.8 Å². The van der Waals surface area contributed by atoms with Crippen molar-refractivity contribution >= 4 is 12.6 Å². The summed E-state index contributed by atoms with van der Waals surface area (Å²) in [5.74, 6) is 0. The van der Waals surface area contributed by atoms with Crippen molar-refractivity contribution in [3.05, 3.63) is 11.5 Å². The van der Waals surface area contributed by atoms with Crippen LogP contribution in [0, 0.1) is 11.3 Å². The van der Waals surface area contributed by atoms with Gasteiger partial charge in [0, 0.05) is 0 Å². The van der Waals surface area contributed by atoms with Crippen molar-refractivity contribution in [1.82, 2.24) is 0 Å². The summed E-state index contributed by atoms with van der Waals surface area (Å²) in [6.07, 6.45) is 1.25. The van der Waals surface area contributed by atoms with Gasteiger partial charge in [-0.15, -0.1) is 0 Å². The van der Waals surface area contributed by atoms with E-state index >= 15 is 0 Å². The molecule has 0 aliphatic heterocycles. The standard InChI is InChI=1S/C3H3NS.Ag/c4-2-1-3-5;/h1,3,5H;/q;+1/p-1. The molecule has 1 nitrogen and oxygen atoms in total. The van der Waals surface area contributed by atoms with E-state index in [0.717, 1.165) is 0 Å². The van der Waals surface area contributed by atoms with Crippen LogP contribution in [0.2, 0.25) is 0 Å². The quantitative estimate of drug-likeness (QED) is 0.318. The molecule has 0 aromatic heterocycles. The third-order valence-electron chi connectivity index (χ3n) is 0.143. The summed E-state index contributed by atoms with van der Waals surface area (Å²) in [6.45, 7) is 0. The molecule has 0 saturated heterocycles. The molecule has 0 amide bonds. The molecule has 0 N–H and O–H groups in total. The number of allylic oxidation sites excluding steroid dienone is 1. The molecule has 0 fully saturated rings. The van der Waals surface area contributed by atoms with E-state index in [2.05, 4.69) is 12.6 Å². The zero-order valence-electron chi connectivity index (χ0n) is 2.81. The van der Waals surface area contributed by atoms with Crippen molar-refractivity contribution in [2.45, 2.75) is 0 Å². The summed E-state index contributed by atoms with van der Waals surface area (Å²) >= 11 is 4.25. The fourth-order valence-electron chi connectivity index (χ4n) is 0.0304. The van der Waals surface area contributed by atoms with Gasteiger partial charge in [-0.05, 0) is 6.08 Å². The SMILES string of the molecule is N#CC=C[S-].[Ag+]. The van der Waals surface area contributed by atoms with E-state index in [9.17, 15) is 0 Å². The maximum Gasteiger partial charge on any atom is 1.00 e. The van der Waals surface area contributed by atoms with Crippen LogP contribution in [-0.4, -0.2) is 0 Å². The van der Waals surface area contributed by atoms with Crippen LogP contribution in [0.25, 0.3) is 0 Å². The summed E-state index contributed by atoms with van der Waals surface area (Å²) in [5, 5.41) is 8.94. The Kier molecular flexibility index (Phi) is 14.2. The summed E-state index contributed by atoms with van der Waals surface area (Å²) in [6, 6.07) is 1.73. The zero-order chi connectivity index (χ0) is 4.12. The maximum absolute atomic E-state index is 7.66. The zero-order valence-corrected chi connectivity index (χ0v) is 5.11. The Hall–Kier alpha value is 0.190. The van der Waals surface area contributed by atoms with E-state index in [4.69, 9.17) is 5.26 Å². The first-order chi connectivity index (χ1) is 2.41. The predicted octanol–water partition coefficient (Wildman–Crippen LogP) is 0.568. The van der Waals surface area contributed by atoms with Gasteiger partial charge >= 0.3 is 22.4 Å². The molecule has 0 bridgehead atoms. The van der Waals surface area contributed by atoms with E-state index in [1.165, 1.54) is 11.5 Å². The molecule has 0 aromatic rings. The van der Waals surface area contributed by atoms with Crippen LogP contribution in [0.5, 0.6) is 0 Å². The minimum atomic E-state index is 0. The molecule has 0 rings (SSSR count). The van der Waals surface area contributed by atoms with E-state index in [1.807, 2.05) is 0 Å². The normalized spacial score (nSPS) is 6.50. The molecule has 0 spiro atoms. The third kappa shape index (κ3) is 8.89. The minimum Gasteiger partial charge on any atom is -0.787 e. The van der Waals surface area contributed by atoms with Crippen LogP contribution in [0.3, 0.4) is 0 Å². The van der Waals surface area contributed by atoms with E-state index in [1.54, 1.807) is 6.07 Å². The number of nitrogens with zero attached hydrogens (tertiary/aromatic N) is 1. The molecule has 0 radical (unpaired) electrons. The van der Waals surface area contributed by atoms with Crippen LogP contribution < -0.4 is 0 Å². The van der Waals surface area contributed by atoms with Crippen molar-refractivity contribution in [1.29, 1.82) is 5.26 Å². The Morgan fingerprint density at radius 2 is 2.17 bits per heavy atom. The summed E-state index contributed by atoms with van der Waals surface area (Å²) in [7, 11) is 0. The van der Waals surface area contributed by atoms with Gasteiger partial charge in [-0.3, -0.25) is 0 Å². The summed E-state index contributed by atoms with van der Waals surface area (Å²) in [5.41, 5.74) is 0. The van der Waals surface area contributed by atoms with Gasteiger partial charge in [0.15, 0.2) is 0 Å². The van der Waals surface area contributed by atoms with E-state index in [-0.39, 0.29) is 22.4 Å². The number of hydrogen-bond donors (Lipinski definition) is 0. The Morgan fingerprint density at radius 1 is 1.67 bits per heavy atom. The molecule has 0 aromatic carbocycles. The van der Waals surface area contributed by atoms with Gasteiger partial charge in [0.2, 0.25) is 0 Å². The van der Waals surface area contributed by atoms with E-state index < -0.39 is 0 Å². The molecular weight excluding hydrogens is 190 g/mol. The maximum atomic E-state index is 7.66. The first-order valence-electron chi connectivity index (χ1n) is 1.08. The molecule has 0 unspecified atom stereocenters. The van der Waals surface area contributed by atoms with E-state index in [0.29, 0.717) is 0 Å². The van der Waals surface area contributed by atoms with Crippen LogP contribution >= 0.6 is 0 Å². The van der Waals surface area contributed by atoms with Gasteiger partial charge in [-0.25, -0.2) is 5.41 Å². The number of rotatable bonds is 0. The molecule has 0 heterocycles. The van der Waals surface area contributed by atoms with Gasteiger partial charge < -0.3 is 12.6 Å². The molecule has 6 heavy (non-hydrogen) atoms. The van der Waals surface area contributed by atoms with Gasteiger partial charge in [-0.1, -0.05) is 0 Å². The molecule has 0 aliphatic rings. The van der Waals surface area contributed by atoms with Crippen molar-refractivity contribution in [3.63, 3.8) is 0 Å². The fourth-order valence-corrected chi connectivity index (χ4v) is 0.0913. The molecule has 36 valence electrons. The number of nitriles is 1. The fraction of sp³-hybridized carbons (Fsp3) is 0. The third-order valence-corrected chi connectivity index (χ3v) is 0.279. The van der Waals surface area contributed by atoms with Crippen LogP contribution in [-0.2, 0) is 35.0 Å². The Balaban J connectivity index is 0. The molecule has 0 atom stereocenters. The Bertz CT molecular complexity index is 73.4. The van der Waals surface area contributed by atoms with Crippen molar-refractivity contribution in [3.8, 4) is 6.07 Å². The average molecular weight is 192 g/mol. The summed E-state index contributed by atoms with van der Waals surface area (Å²) in [4.78, 5) is 0. The van der Waals surface area contributed by atoms with Gasteiger partial charge in [0.1, 0.15) is 0 Å². The second-order valence-electron chi connectivity index (χ2n) is 0.432. The van der Waals surface area contributed by atoms with Crippen molar-refractivity contribution < 1.29 is 22.4 Å². The summed E-state index contributed by atoms with van der Waals surface area (Å²) < 4.78 is 0. The van der Waals surface area contributed by atoms with Crippen molar-refractivity contribution in [2.24, 2.45) is 0 Å². The van der Waals surface area contributed by atoms with Crippen LogP contribution in [0.1, 0.15) is 0 Å². The number of hydrogen-bond acceptors (Lipinski definition) is 2.